The van der Waals surface area contributed by atoms with E-state index in [9.17, 15) is 0 Å². The summed E-state index contributed by atoms with van der Waals surface area (Å²) in [6, 6.07) is 11.1. The predicted molar refractivity (Wildman–Crippen MR) is 70.2 cm³/mol. The number of rotatable bonds is 6. The van der Waals surface area contributed by atoms with E-state index >= 15 is 0 Å². The molecule has 1 atom stereocenters. The van der Waals surface area contributed by atoms with Crippen LogP contribution in [0.3, 0.4) is 0 Å². The van der Waals surface area contributed by atoms with Gasteiger partial charge in [-0.05, 0) is 31.9 Å². The van der Waals surface area contributed by atoms with Crippen molar-refractivity contribution in [1.29, 1.82) is 0 Å². The molecule has 0 bridgehead atoms. The molecule has 1 nitrogen and oxygen atoms in total. The first-order valence-electron chi connectivity index (χ1n) is 5.16. The lowest BCUT2D eigenvalue weighted by Gasteiger charge is -2.13. The van der Waals surface area contributed by atoms with E-state index in [1.165, 1.54) is 5.56 Å². The van der Waals surface area contributed by atoms with Gasteiger partial charge in [-0.2, -0.15) is 0 Å². The Morgan fingerprint density at radius 2 is 1.93 bits per heavy atom. The van der Waals surface area contributed by atoms with E-state index in [0.717, 1.165) is 25.3 Å². The minimum atomic E-state index is 0. The third-order valence-electron chi connectivity index (χ3n) is 2.19. The highest BCUT2D eigenvalue weighted by Crippen LogP contribution is 2.02. The van der Waals surface area contributed by atoms with Crippen LogP contribution in [0.15, 0.2) is 30.3 Å². The van der Waals surface area contributed by atoms with E-state index < -0.39 is 0 Å². The predicted octanol–water partition coefficient (Wildman–Crippen LogP) is 3.26. The van der Waals surface area contributed by atoms with Crippen molar-refractivity contribution in [1.82, 2.24) is 5.32 Å². The van der Waals surface area contributed by atoms with E-state index in [4.69, 9.17) is 11.6 Å². The molecular formula is C12H19Cl2N. The zero-order valence-corrected chi connectivity index (χ0v) is 10.7. The average Bonchev–Trinajstić information content (AvgIpc) is 2.20. The molecule has 0 aliphatic carbocycles. The summed E-state index contributed by atoms with van der Waals surface area (Å²) in [5.41, 5.74) is 1.39. The van der Waals surface area contributed by atoms with Crippen LogP contribution in [0.5, 0.6) is 0 Å². The normalized spacial score (nSPS) is 11.9. The third-order valence-corrected chi connectivity index (χ3v) is 2.46. The Labute approximate surface area is 104 Å². The molecule has 0 aromatic heterocycles. The highest BCUT2D eigenvalue weighted by atomic mass is 35.5. The van der Waals surface area contributed by atoms with E-state index in [2.05, 4.69) is 42.6 Å². The van der Waals surface area contributed by atoms with Crippen molar-refractivity contribution in [3.63, 3.8) is 0 Å². The molecule has 0 fully saturated rings. The average molecular weight is 248 g/mol. The Hall–Kier alpha value is -0.240. The molecule has 1 N–H and O–H groups in total. The second-order valence-corrected chi connectivity index (χ2v) is 3.97. The molecule has 0 unspecified atom stereocenters. The van der Waals surface area contributed by atoms with Gasteiger partial charge >= 0.3 is 0 Å². The first kappa shape index (κ1) is 14.8. The van der Waals surface area contributed by atoms with Crippen LogP contribution in [0.2, 0.25) is 0 Å². The van der Waals surface area contributed by atoms with Crippen molar-refractivity contribution in [2.24, 2.45) is 0 Å². The molecule has 1 aromatic carbocycles. The quantitative estimate of drug-likeness (QED) is 0.602. The Kier molecular flexibility index (Phi) is 8.88. The zero-order valence-electron chi connectivity index (χ0n) is 9.08. The summed E-state index contributed by atoms with van der Waals surface area (Å²) in [5, 5.41) is 3.45. The summed E-state index contributed by atoms with van der Waals surface area (Å²) in [6.07, 6.45) is 2.13. The maximum Gasteiger partial charge on any atom is 0.0235 e. The van der Waals surface area contributed by atoms with Gasteiger partial charge in [0.05, 0.1) is 0 Å². The molecule has 15 heavy (non-hydrogen) atoms. The van der Waals surface area contributed by atoms with Crippen LogP contribution in [0.1, 0.15) is 18.9 Å². The topological polar surface area (TPSA) is 12.0 Å². The summed E-state index contributed by atoms with van der Waals surface area (Å²) >= 11 is 5.61. The molecule has 1 rings (SSSR count). The molecule has 0 spiro atoms. The number of halogens is 2. The zero-order chi connectivity index (χ0) is 10.2. The Morgan fingerprint density at radius 3 is 2.53 bits per heavy atom. The molecule has 1 aromatic rings. The molecule has 86 valence electrons. The standard InChI is InChI=1S/C12H18ClN.ClH/c1-11(14-9-5-8-13)10-12-6-3-2-4-7-12;/h2-4,6-7,11,14H,5,8-10H2,1H3;1H/t11-;/m0./s1. The molecular weight excluding hydrogens is 229 g/mol. The van der Waals surface area contributed by atoms with E-state index in [-0.39, 0.29) is 12.4 Å². The van der Waals surface area contributed by atoms with Gasteiger partial charge in [-0.25, -0.2) is 0 Å². The van der Waals surface area contributed by atoms with Crippen LogP contribution in [0.4, 0.5) is 0 Å². The van der Waals surface area contributed by atoms with Gasteiger partial charge in [-0.15, -0.1) is 24.0 Å². The van der Waals surface area contributed by atoms with Crippen molar-refractivity contribution in [3.05, 3.63) is 35.9 Å². The largest absolute Gasteiger partial charge is 0.314 e. The number of nitrogens with one attached hydrogen (secondary N) is 1. The smallest absolute Gasteiger partial charge is 0.0235 e. The molecule has 0 amide bonds. The van der Waals surface area contributed by atoms with Gasteiger partial charge in [0.15, 0.2) is 0 Å². The van der Waals surface area contributed by atoms with Crippen LogP contribution in [0.25, 0.3) is 0 Å². The summed E-state index contributed by atoms with van der Waals surface area (Å²) in [4.78, 5) is 0. The van der Waals surface area contributed by atoms with Crippen molar-refractivity contribution < 1.29 is 0 Å². The second-order valence-electron chi connectivity index (χ2n) is 3.59. The van der Waals surface area contributed by atoms with Crippen molar-refractivity contribution in [3.8, 4) is 0 Å². The van der Waals surface area contributed by atoms with Gasteiger partial charge in [-0.3, -0.25) is 0 Å². The molecule has 0 saturated heterocycles. The third kappa shape index (κ3) is 6.77. The summed E-state index contributed by atoms with van der Waals surface area (Å²) in [7, 11) is 0. The van der Waals surface area contributed by atoms with Gasteiger partial charge < -0.3 is 5.32 Å². The minimum Gasteiger partial charge on any atom is -0.314 e. The number of hydrogen-bond acceptors (Lipinski definition) is 1. The van der Waals surface area contributed by atoms with Gasteiger partial charge in [0, 0.05) is 11.9 Å². The van der Waals surface area contributed by atoms with E-state index in [0.29, 0.717) is 6.04 Å². The van der Waals surface area contributed by atoms with Crippen LogP contribution in [-0.4, -0.2) is 18.5 Å². The first-order valence-corrected chi connectivity index (χ1v) is 5.69. The first-order chi connectivity index (χ1) is 6.83. The summed E-state index contributed by atoms with van der Waals surface area (Å²) in [5.74, 6) is 0.741. The summed E-state index contributed by atoms with van der Waals surface area (Å²) < 4.78 is 0. The number of benzene rings is 1. The monoisotopic (exact) mass is 247 g/mol. The van der Waals surface area contributed by atoms with Crippen LogP contribution < -0.4 is 5.32 Å². The fraction of sp³-hybridized carbons (Fsp3) is 0.500. The Balaban J connectivity index is 0.00000196. The van der Waals surface area contributed by atoms with Crippen molar-refractivity contribution >= 4 is 24.0 Å². The number of hydrogen-bond donors (Lipinski definition) is 1. The minimum absolute atomic E-state index is 0. The van der Waals surface area contributed by atoms with Crippen LogP contribution >= 0.6 is 24.0 Å². The molecule has 0 radical (unpaired) electrons. The fourth-order valence-corrected chi connectivity index (χ4v) is 1.59. The lowest BCUT2D eigenvalue weighted by atomic mass is 10.1. The van der Waals surface area contributed by atoms with Crippen molar-refractivity contribution in [2.75, 3.05) is 12.4 Å². The maximum atomic E-state index is 5.61. The lowest BCUT2D eigenvalue weighted by molar-refractivity contribution is 0.544. The van der Waals surface area contributed by atoms with Crippen molar-refractivity contribution in [2.45, 2.75) is 25.8 Å². The Morgan fingerprint density at radius 1 is 1.27 bits per heavy atom. The molecule has 0 heterocycles. The summed E-state index contributed by atoms with van der Waals surface area (Å²) in [6.45, 7) is 3.22. The van der Waals surface area contributed by atoms with Gasteiger partial charge in [0.25, 0.3) is 0 Å². The highest BCUT2D eigenvalue weighted by molar-refractivity contribution is 6.17. The van der Waals surface area contributed by atoms with E-state index in [1.54, 1.807) is 0 Å². The lowest BCUT2D eigenvalue weighted by Crippen LogP contribution is -2.29. The molecule has 0 aliphatic rings. The highest BCUT2D eigenvalue weighted by Gasteiger charge is 2.01. The maximum absolute atomic E-state index is 5.61. The molecule has 0 aliphatic heterocycles. The molecule has 3 heteroatoms. The van der Waals surface area contributed by atoms with Gasteiger partial charge in [-0.1, -0.05) is 30.3 Å². The van der Waals surface area contributed by atoms with Gasteiger partial charge in [0.2, 0.25) is 0 Å². The van der Waals surface area contributed by atoms with Gasteiger partial charge in [0.1, 0.15) is 0 Å². The van der Waals surface area contributed by atoms with E-state index in [1.807, 2.05) is 0 Å². The van der Waals surface area contributed by atoms with Crippen LogP contribution in [0, 0.1) is 0 Å². The number of alkyl halides is 1. The second kappa shape index (κ2) is 9.02. The fourth-order valence-electron chi connectivity index (χ4n) is 1.46. The van der Waals surface area contributed by atoms with Crippen LogP contribution in [-0.2, 0) is 6.42 Å². The Bertz CT molecular complexity index is 239. The molecule has 0 saturated carbocycles. The SMILES string of the molecule is C[C@@H](Cc1ccccc1)NCCCCl.Cl.